The summed E-state index contributed by atoms with van der Waals surface area (Å²) in [5.74, 6) is -0.742. The number of hydrogen-bond acceptors (Lipinski definition) is 3. The van der Waals surface area contributed by atoms with E-state index in [1.54, 1.807) is 0 Å². The Bertz CT molecular complexity index is 230. The summed E-state index contributed by atoms with van der Waals surface area (Å²) in [5.41, 5.74) is -0.807. The lowest BCUT2D eigenvalue weighted by molar-refractivity contribution is -0.157. The summed E-state index contributed by atoms with van der Waals surface area (Å²) in [5, 5.41) is 12.6. The molecule has 2 saturated heterocycles. The number of carbonyl (C=O) groups is 1. The van der Waals surface area contributed by atoms with Crippen molar-refractivity contribution >= 4 is 5.97 Å². The first-order valence-corrected chi connectivity index (χ1v) is 5.86. The van der Waals surface area contributed by atoms with Gasteiger partial charge in [0.15, 0.2) is 0 Å². The summed E-state index contributed by atoms with van der Waals surface area (Å²) in [4.78, 5) is 11.4. The molecule has 0 aromatic carbocycles. The molecule has 0 aliphatic carbocycles. The number of carboxylic acids is 1. The summed E-state index contributed by atoms with van der Waals surface area (Å²) in [6.45, 7) is 1.51. The van der Waals surface area contributed by atoms with Crippen LogP contribution in [-0.2, 0) is 9.53 Å². The van der Waals surface area contributed by atoms with Gasteiger partial charge in [-0.25, -0.2) is 0 Å². The first kappa shape index (κ1) is 10.9. The van der Waals surface area contributed by atoms with E-state index in [9.17, 15) is 9.90 Å². The van der Waals surface area contributed by atoms with E-state index in [1.165, 1.54) is 0 Å². The van der Waals surface area contributed by atoms with Crippen LogP contribution in [0, 0.1) is 0 Å². The Balaban J connectivity index is 2.12. The number of rotatable bonds is 2. The molecular formula is C11H19NO3. The molecular weight excluding hydrogens is 194 g/mol. The van der Waals surface area contributed by atoms with E-state index < -0.39 is 11.5 Å². The molecule has 2 aliphatic heterocycles. The van der Waals surface area contributed by atoms with E-state index in [1.807, 2.05) is 0 Å². The van der Waals surface area contributed by atoms with Crippen molar-refractivity contribution in [2.45, 2.75) is 50.2 Å². The predicted octanol–water partition coefficient (Wildman–Crippen LogP) is 1.15. The molecule has 4 heteroatoms. The third-order valence-electron chi connectivity index (χ3n) is 3.55. The van der Waals surface area contributed by atoms with E-state index >= 15 is 0 Å². The van der Waals surface area contributed by atoms with Gasteiger partial charge in [0.1, 0.15) is 5.54 Å². The molecule has 4 nitrogen and oxygen atoms in total. The van der Waals surface area contributed by atoms with E-state index in [-0.39, 0.29) is 6.10 Å². The molecule has 2 atom stereocenters. The van der Waals surface area contributed by atoms with Gasteiger partial charge in [-0.3, -0.25) is 10.1 Å². The quantitative estimate of drug-likeness (QED) is 0.722. The van der Waals surface area contributed by atoms with E-state index in [4.69, 9.17) is 4.74 Å². The normalized spacial score (nSPS) is 37.5. The van der Waals surface area contributed by atoms with Crippen LogP contribution < -0.4 is 5.32 Å². The molecule has 0 amide bonds. The number of hydrogen-bond donors (Lipinski definition) is 2. The van der Waals surface area contributed by atoms with Crippen LogP contribution in [0.3, 0.4) is 0 Å². The minimum atomic E-state index is -0.807. The van der Waals surface area contributed by atoms with Crippen LogP contribution in [0.15, 0.2) is 0 Å². The first-order chi connectivity index (χ1) is 7.26. The third-order valence-corrected chi connectivity index (χ3v) is 3.55. The summed E-state index contributed by atoms with van der Waals surface area (Å²) in [6, 6.07) is 0. The smallest absolute Gasteiger partial charge is 0.326 e. The maximum atomic E-state index is 11.4. The molecule has 0 aromatic heterocycles. The molecule has 15 heavy (non-hydrogen) atoms. The first-order valence-electron chi connectivity index (χ1n) is 5.86. The minimum absolute atomic E-state index is 0.135. The van der Waals surface area contributed by atoms with Crippen LogP contribution in [0.4, 0.5) is 0 Å². The average molecular weight is 213 g/mol. The van der Waals surface area contributed by atoms with Gasteiger partial charge in [0.25, 0.3) is 0 Å². The fourth-order valence-corrected chi connectivity index (χ4v) is 2.65. The van der Waals surface area contributed by atoms with Gasteiger partial charge in [-0.2, -0.15) is 0 Å². The van der Waals surface area contributed by atoms with Crippen LogP contribution in [0.5, 0.6) is 0 Å². The lowest BCUT2D eigenvalue weighted by Crippen LogP contribution is -2.63. The largest absolute Gasteiger partial charge is 0.480 e. The van der Waals surface area contributed by atoms with E-state index in [0.717, 1.165) is 38.6 Å². The minimum Gasteiger partial charge on any atom is -0.480 e. The van der Waals surface area contributed by atoms with Crippen molar-refractivity contribution in [3.05, 3.63) is 0 Å². The van der Waals surface area contributed by atoms with E-state index in [2.05, 4.69) is 5.32 Å². The highest BCUT2D eigenvalue weighted by Gasteiger charge is 2.47. The Labute approximate surface area is 90.0 Å². The molecule has 0 bridgehead atoms. The molecule has 0 saturated carbocycles. The summed E-state index contributed by atoms with van der Waals surface area (Å²) in [6.07, 6.45) is 5.64. The predicted molar refractivity (Wildman–Crippen MR) is 55.8 cm³/mol. The summed E-state index contributed by atoms with van der Waals surface area (Å²) >= 11 is 0. The zero-order valence-corrected chi connectivity index (χ0v) is 9.00. The Kier molecular flexibility index (Phi) is 3.26. The molecule has 2 N–H and O–H groups in total. The van der Waals surface area contributed by atoms with Crippen LogP contribution in [0.2, 0.25) is 0 Å². The van der Waals surface area contributed by atoms with Crippen LogP contribution in [-0.4, -0.2) is 35.9 Å². The van der Waals surface area contributed by atoms with Crippen molar-refractivity contribution in [3.63, 3.8) is 0 Å². The van der Waals surface area contributed by atoms with Crippen molar-refractivity contribution < 1.29 is 14.6 Å². The highest BCUT2D eigenvalue weighted by Crippen LogP contribution is 2.30. The fraction of sp³-hybridized carbons (Fsp3) is 0.909. The van der Waals surface area contributed by atoms with Crippen molar-refractivity contribution in [1.82, 2.24) is 5.32 Å². The maximum absolute atomic E-state index is 11.4. The van der Waals surface area contributed by atoms with Crippen molar-refractivity contribution in [2.24, 2.45) is 0 Å². The van der Waals surface area contributed by atoms with Gasteiger partial charge in [-0.05, 0) is 45.1 Å². The molecule has 2 unspecified atom stereocenters. The van der Waals surface area contributed by atoms with Gasteiger partial charge in [0.2, 0.25) is 0 Å². The summed E-state index contributed by atoms with van der Waals surface area (Å²) in [7, 11) is 0. The van der Waals surface area contributed by atoms with Crippen LogP contribution >= 0.6 is 0 Å². The number of ether oxygens (including phenoxy) is 1. The van der Waals surface area contributed by atoms with Crippen LogP contribution in [0.1, 0.15) is 38.5 Å². The van der Waals surface area contributed by atoms with Gasteiger partial charge in [0, 0.05) is 6.61 Å². The van der Waals surface area contributed by atoms with Crippen molar-refractivity contribution in [1.29, 1.82) is 0 Å². The Morgan fingerprint density at radius 2 is 2.20 bits per heavy atom. The van der Waals surface area contributed by atoms with E-state index in [0.29, 0.717) is 13.0 Å². The zero-order valence-electron chi connectivity index (χ0n) is 9.00. The summed E-state index contributed by atoms with van der Waals surface area (Å²) < 4.78 is 5.64. The second-order valence-electron chi connectivity index (χ2n) is 4.52. The lowest BCUT2D eigenvalue weighted by Gasteiger charge is -2.42. The van der Waals surface area contributed by atoms with Gasteiger partial charge >= 0.3 is 5.97 Å². The number of carboxylic acid groups (broad SMARTS) is 1. The molecule has 2 heterocycles. The molecule has 2 fully saturated rings. The highest BCUT2D eigenvalue weighted by atomic mass is 16.5. The third kappa shape index (κ3) is 2.01. The van der Waals surface area contributed by atoms with Gasteiger partial charge in [0.05, 0.1) is 6.10 Å². The Morgan fingerprint density at radius 1 is 1.33 bits per heavy atom. The number of piperidine rings is 1. The monoisotopic (exact) mass is 213 g/mol. The second-order valence-corrected chi connectivity index (χ2v) is 4.52. The second kappa shape index (κ2) is 4.49. The molecule has 0 spiro atoms. The fourth-order valence-electron chi connectivity index (χ4n) is 2.65. The van der Waals surface area contributed by atoms with Crippen LogP contribution in [0.25, 0.3) is 0 Å². The Morgan fingerprint density at radius 3 is 2.73 bits per heavy atom. The number of nitrogens with one attached hydrogen (secondary N) is 1. The topological polar surface area (TPSA) is 58.6 Å². The van der Waals surface area contributed by atoms with Gasteiger partial charge in [-0.1, -0.05) is 0 Å². The average Bonchev–Trinajstić information content (AvgIpc) is 2.31. The molecule has 0 aromatic rings. The lowest BCUT2D eigenvalue weighted by atomic mass is 9.81. The highest BCUT2D eigenvalue weighted by molar-refractivity contribution is 5.80. The molecule has 2 rings (SSSR count). The maximum Gasteiger partial charge on any atom is 0.326 e. The zero-order chi connectivity index (χ0) is 10.7. The number of aliphatic carboxylic acids is 1. The molecule has 86 valence electrons. The van der Waals surface area contributed by atoms with Gasteiger partial charge < -0.3 is 9.84 Å². The standard InChI is InChI=1S/C11H19NO3/c13-10(14)11(6-2-3-7-12-11)9-5-1-4-8-15-9/h9,12H,1-8H2,(H,13,14). The van der Waals surface area contributed by atoms with Crippen molar-refractivity contribution in [2.75, 3.05) is 13.2 Å². The van der Waals surface area contributed by atoms with Crippen molar-refractivity contribution in [3.8, 4) is 0 Å². The Hall–Kier alpha value is -0.610. The van der Waals surface area contributed by atoms with Gasteiger partial charge in [-0.15, -0.1) is 0 Å². The molecule has 0 radical (unpaired) electrons. The molecule has 2 aliphatic rings. The SMILES string of the molecule is O=C(O)C1(C2CCCCO2)CCCCN1.